The monoisotopic (exact) mass is 444 g/mol. The number of amides is 1. The molecule has 0 atom stereocenters. The zero-order chi connectivity index (χ0) is 19.5. The molecule has 7 nitrogen and oxygen atoms in total. The maximum atomic E-state index is 13.9. The molecule has 1 aliphatic rings. The number of imidazole rings is 1. The molecule has 144 valence electrons. The van der Waals surface area contributed by atoms with Gasteiger partial charge in [-0.15, -0.1) is 0 Å². The van der Waals surface area contributed by atoms with Crippen molar-refractivity contribution < 1.29 is 9.18 Å². The van der Waals surface area contributed by atoms with Crippen LogP contribution in [0.15, 0.2) is 53.8 Å². The molecule has 28 heavy (non-hydrogen) atoms. The molecule has 1 aromatic carbocycles. The summed E-state index contributed by atoms with van der Waals surface area (Å²) in [5, 5.41) is 2.70. The molecule has 3 heterocycles. The molecular formula is C19H18BrFN6O. The second kappa shape index (κ2) is 8.05. The van der Waals surface area contributed by atoms with Gasteiger partial charge in [0.15, 0.2) is 0 Å². The molecule has 1 aliphatic heterocycles. The molecule has 3 aromatic rings. The van der Waals surface area contributed by atoms with E-state index in [1.807, 2.05) is 16.8 Å². The molecule has 0 unspecified atom stereocenters. The number of carbonyl (C=O) groups excluding carboxylic acids is 1. The number of nitrogens with zero attached hydrogens (tertiary/aromatic N) is 5. The highest BCUT2D eigenvalue weighted by molar-refractivity contribution is 9.10. The number of piperidine rings is 1. The van der Waals surface area contributed by atoms with Gasteiger partial charge < -0.3 is 10.2 Å². The summed E-state index contributed by atoms with van der Waals surface area (Å²) in [6.45, 7) is 1.39. The molecule has 1 fully saturated rings. The van der Waals surface area contributed by atoms with Crippen molar-refractivity contribution in [2.75, 3.05) is 23.3 Å². The lowest BCUT2D eigenvalue weighted by Gasteiger charge is -2.32. The Kier molecular flexibility index (Phi) is 5.34. The summed E-state index contributed by atoms with van der Waals surface area (Å²) in [6, 6.07) is 6.50. The lowest BCUT2D eigenvalue weighted by atomic mass is 9.95. The molecule has 0 aliphatic carbocycles. The highest BCUT2D eigenvalue weighted by Crippen LogP contribution is 2.25. The van der Waals surface area contributed by atoms with Gasteiger partial charge in [-0.2, -0.15) is 0 Å². The van der Waals surface area contributed by atoms with Crippen LogP contribution in [0.3, 0.4) is 0 Å². The Hall–Kier alpha value is -2.81. The van der Waals surface area contributed by atoms with Crippen molar-refractivity contribution >= 4 is 33.3 Å². The first kappa shape index (κ1) is 18.5. The minimum Gasteiger partial charge on any atom is -0.356 e. The van der Waals surface area contributed by atoms with E-state index < -0.39 is 5.82 Å². The number of hydrogen-bond donors (Lipinski definition) is 1. The van der Waals surface area contributed by atoms with E-state index in [0.29, 0.717) is 30.4 Å². The zero-order valence-electron chi connectivity index (χ0n) is 14.9. The van der Waals surface area contributed by atoms with Gasteiger partial charge in [0.25, 0.3) is 0 Å². The Morgan fingerprint density at radius 1 is 1.18 bits per heavy atom. The van der Waals surface area contributed by atoms with Gasteiger partial charge in [-0.05, 0) is 31.0 Å². The maximum absolute atomic E-state index is 13.9. The van der Waals surface area contributed by atoms with Crippen LogP contribution in [0.25, 0.3) is 5.82 Å². The van der Waals surface area contributed by atoms with Gasteiger partial charge in [-0.1, -0.05) is 15.9 Å². The second-order valence-electron chi connectivity index (χ2n) is 6.58. The third-order valence-electron chi connectivity index (χ3n) is 4.79. The van der Waals surface area contributed by atoms with Crippen LogP contribution < -0.4 is 10.2 Å². The third kappa shape index (κ3) is 4.04. The Morgan fingerprint density at radius 2 is 1.96 bits per heavy atom. The van der Waals surface area contributed by atoms with Crippen molar-refractivity contribution in [3.05, 3.63) is 59.6 Å². The van der Waals surface area contributed by atoms with Gasteiger partial charge in [0, 0.05) is 41.9 Å². The molecule has 0 bridgehead atoms. The maximum Gasteiger partial charge on any atom is 0.227 e. The topological polar surface area (TPSA) is 75.9 Å². The average molecular weight is 445 g/mol. The van der Waals surface area contributed by atoms with E-state index in [2.05, 4.69) is 41.1 Å². The minimum absolute atomic E-state index is 0.150. The molecule has 1 saturated heterocycles. The predicted molar refractivity (Wildman–Crippen MR) is 107 cm³/mol. The fourth-order valence-corrected chi connectivity index (χ4v) is 3.58. The zero-order valence-corrected chi connectivity index (χ0v) is 16.5. The number of benzene rings is 1. The third-order valence-corrected chi connectivity index (χ3v) is 5.28. The van der Waals surface area contributed by atoms with Gasteiger partial charge in [0.05, 0.1) is 5.69 Å². The lowest BCUT2D eigenvalue weighted by molar-refractivity contribution is -0.120. The second-order valence-corrected chi connectivity index (χ2v) is 7.49. The minimum atomic E-state index is -0.451. The van der Waals surface area contributed by atoms with Crippen molar-refractivity contribution in [3.63, 3.8) is 0 Å². The quantitative estimate of drug-likeness (QED) is 0.666. The van der Waals surface area contributed by atoms with Gasteiger partial charge in [-0.25, -0.2) is 19.3 Å². The van der Waals surface area contributed by atoms with E-state index in [1.165, 1.54) is 12.4 Å². The van der Waals surface area contributed by atoms with Crippen LogP contribution in [0.2, 0.25) is 0 Å². The van der Waals surface area contributed by atoms with Crippen LogP contribution in [0, 0.1) is 11.7 Å². The van der Waals surface area contributed by atoms with Crippen molar-refractivity contribution in [2.24, 2.45) is 5.92 Å². The molecule has 0 spiro atoms. The van der Waals surface area contributed by atoms with Crippen molar-refractivity contribution in [3.8, 4) is 5.82 Å². The molecule has 2 aromatic heterocycles. The number of anilines is 2. The van der Waals surface area contributed by atoms with Crippen molar-refractivity contribution in [2.45, 2.75) is 12.8 Å². The molecule has 9 heteroatoms. The Bertz CT molecular complexity index is 972. The fraction of sp³-hybridized carbons (Fsp3) is 0.263. The SMILES string of the molecule is O=C(Nc1ccc(Br)cc1F)C1CCN(c2cc(-n3ccnc3)ncn2)CC1. The summed E-state index contributed by atoms with van der Waals surface area (Å²) in [5.41, 5.74) is 0.205. The molecule has 0 radical (unpaired) electrons. The highest BCUT2D eigenvalue weighted by Gasteiger charge is 2.26. The van der Waals surface area contributed by atoms with E-state index in [1.54, 1.807) is 24.7 Å². The first-order valence-electron chi connectivity index (χ1n) is 8.91. The summed E-state index contributed by atoms with van der Waals surface area (Å²) in [7, 11) is 0. The summed E-state index contributed by atoms with van der Waals surface area (Å²) in [4.78, 5) is 27.3. The number of rotatable bonds is 4. The number of nitrogens with one attached hydrogen (secondary N) is 1. The van der Waals surface area contributed by atoms with E-state index in [0.717, 1.165) is 11.6 Å². The van der Waals surface area contributed by atoms with Crippen LogP contribution in [0.4, 0.5) is 15.9 Å². The van der Waals surface area contributed by atoms with Crippen LogP contribution >= 0.6 is 15.9 Å². The highest BCUT2D eigenvalue weighted by atomic mass is 79.9. The first-order valence-corrected chi connectivity index (χ1v) is 9.71. The normalized spacial score (nSPS) is 14.9. The Labute approximate surface area is 169 Å². The van der Waals surface area contributed by atoms with Crippen LogP contribution in [-0.4, -0.2) is 38.5 Å². The van der Waals surface area contributed by atoms with Gasteiger partial charge in [0.2, 0.25) is 5.91 Å². The lowest BCUT2D eigenvalue weighted by Crippen LogP contribution is -2.38. The molecule has 0 saturated carbocycles. The molecule has 1 N–H and O–H groups in total. The van der Waals surface area contributed by atoms with Crippen molar-refractivity contribution in [1.82, 2.24) is 19.5 Å². The van der Waals surface area contributed by atoms with E-state index >= 15 is 0 Å². The standard InChI is InChI=1S/C19H18BrFN6O/c20-14-1-2-16(15(21)9-14)25-19(28)13-3-6-26(7-4-13)17-10-18(24-11-23-17)27-8-5-22-12-27/h1-2,5,8-13H,3-4,6-7H2,(H,25,28). The first-order chi connectivity index (χ1) is 13.6. The summed E-state index contributed by atoms with van der Waals surface area (Å²) < 4.78 is 16.4. The number of aromatic nitrogens is 4. The van der Waals surface area contributed by atoms with Crippen molar-refractivity contribution in [1.29, 1.82) is 0 Å². The molecule has 4 rings (SSSR count). The van der Waals surface area contributed by atoms with Crippen LogP contribution in [0.5, 0.6) is 0 Å². The van der Waals surface area contributed by atoms with Gasteiger partial charge >= 0.3 is 0 Å². The average Bonchev–Trinajstić information content (AvgIpc) is 3.25. The number of hydrogen-bond acceptors (Lipinski definition) is 5. The van der Waals surface area contributed by atoms with E-state index in [4.69, 9.17) is 0 Å². The number of halogens is 2. The van der Waals surface area contributed by atoms with Crippen LogP contribution in [0.1, 0.15) is 12.8 Å². The molecule has 1 amide bonds. The Morgan fingerprint density at radius 3 is 2.68 bits per heavy atom. The number of carbonyl (C=O) groups is 1. The molecular weight excluding hydrogens is 427 g/mol. The van der Waals surface area contributed by atoms with E-state index in [-0.39, 0.29) is 17.5 Å². The fourth-order valence-electron chi connectivity index (χ4n) is 3.24. The predicted octanol–water partition coefficient (Wildman–Crippen LogP) is 3.42. The van der Waals surface area contributed by atoms with Gasteiger partial charge in [-0.3, -0.25) is 9.36 Å². The largest absolute Gasteiger partial charge is 0.356 e. The Balaban J connectivity index is 1.38. The van der Waals surface area contributed by atoms with Gasteiger partial charge in [0.1, 0.15) is 30.1 Å². The summed E-state index contributed by atoms with van der Waals surface area (Å²) in [5.74, 6) is 0.801. The van der Waals surface area contributed by atoms with Crippen LogP contribution in [-0.2, 0) is 4.79 Å². The smallest absolute Gasteiger partial charge is 0.227 e. The van der Waals surface area contributed by atoms with E-state index in [9.17, 15) is 9.18 Å². The summed E-state index contributed by atoms with van der Waals surface area (Å²) in [6.07, 6.45) is 8.08. The summed E-state index contributed by atoms with van der Waals surface area (Å²) >= 11 is 3.21.